The second-order valence-electron chi connectivity index (χ2n) is 4.96. The summed E-state index contributed by atoms with van der Waals surface area (Å²) in [7, 11) is -3.56. The van der Waals surface area contributed by atoms with E-state index in [-0.39, 0.29) is 17.1 Å². The molecule has 1 aliphatic heterocycles. The largest absolute Gasteiger partial charge is 0.389 e. The maximum atomic E-state index is 13.9. The predicted octanol–water partition coefficient (Wildman–Crippen LogP) is 1.28. The second kappa shape index (κ2) is 6.78. The molecule has 5 nitrogen and oxygen atoms in total. The number of rotatable bonds is 5. The van der Waals surface area contributed by atoms with Gasteiger partial charge < -0.3 is 5.73 Å². The fraction of sp³-hybridized carbons (Fsp3) is 0.462. The van der Waals surface area contributed by atoms with Crippen LogP contribution < -0.4 is 10.5 Å². The van der Waals surface area contributed by atoms with E-state index in [0.29, 0.717) is 18.7 Å². The monoisotopic (exact) mass is 331 g/mol. The van der Waals surface area contributed by atoms with E-state index in [1.807, 2.05) is 0 Å². The summed E-state index contributed by atoms with van der Waals surface area (Å²) < 4.78 is 41.9. The SMILES string of the molecule is NC(=S)c1ccc(CNS(=O)(=O)N2CCCCC2)c(F)c1. The average Bonchev–Trinajstić information content (AvgIpc) is 2.46. The van der Waals surface area contributed by atoms with Gasteiger partial charge in [0.2, 0.25) is 0 Å². The van der Waals surface area contributed by atoms with Crippen molar-refractivity contribution in [2.24, 2.45) is 5.73 Å². The smallest absolute Gasteiger partial charge is 0.279 e. The minimum atomic E-state index is -3.56. The molecule has 116 valence electrons. The zero-order chi connectivity index (χ0) is 15.5. The molecule has 8 heteroatoms. The molecule has 1 saturated heterocycles. The first-order valence-electron chi connectivity index (χ1n) is 6.73. The molecular formula is C13H18FN3O2S2. The van der Waals surface area contributed by atoms with Crippen molar-refractivity contribution < 1.29 is 12.8 Å². The number of halogens is 1. The summed E-state index contributed by atoms with van der Waals surface area (Å²) in [6, 6.07) is 4.28. The predicted molar refractivity (Wildman–Crippen MR) is 83.5 cm³/mol. The van der Waals surface area contributed by atoms with Crippen LogP contribution in [-0.2, 0) is 16.8 Å². The van der Waals surface area contributed by atoms with Crippen LogP contribution in [0.1, 0.15) is 30.4 Å². The first-order chi connectivity index (χ1) is 9.90. The van der Waals surface area contributed by atoms with Gasteiger partial charge in [-0.3, -0.25) is 0 Å². The van der Waals surface area contributed by atoms with Crippen molar-refractivity contribution >= 4 is 27.4 Å². The molecule has 1 fully saturated rings. The summed E-state index contributed by atoms with van der Waals surface area (Å²) in [6.45, 7) is 0.929. The molecule has 0 aliphatic carbocycles. The fourth-order valence-electron chi connectivity index (χ4n) is 2.21. The van der Waals surface area contributed by atoms with Crippen molar-refractivity contribution in [2.75, 3.05) is 13.1 Å². The number of piperidine rings is 1. The Morgan fingerprint density at radius 1 is 1.33 bits per heavy atom. The van der Waals surface area contributed by atoms with Crippen LogP contribution in [0.2, 0.25) is 0 Å². The Kier molecular flexibility index (Phi) is 5.26. The highest BCUT2D eigenvalue weighted by Gasteiger charge is 2.23. The van der Waals surface area contributed by atoms with Gasteiger partial charge in [-0.15, -0.1) is 0 Å². The van der Waals surface area contributed by atoms with E-state index < -0.39 is 16.0 Å². The van der Waals surface area contributed by atoms with Crippen LogP contribution >= 0.6 is 12.2 Å². The van der Waals surface area contributed by atoms with Crippen molar-refractivity contribution in [3.8, 4) is 0 Å². The molecule has 0 bridgehead atoms. The lowest BCUT2D eigenvalue weighted by molar-refractivity contribution is 0.341. The van der Waals surface area contributed by atoms with Gasteiger partial charge in [0.05, 0.1) is 0 Å². The Labute approximate surface area is 129 Å². The maximum absolute atomic E-state index is 13.9. The number of thiocarbonyl (C=S) groups is 1. The molecule has 1 heterocycles. The summed E-state index contributed by atoms with van der Waals surface area (Å²) in [5.41, 5.74) is 6.10. The van der Waals surface area contributed by atoms with Gasteiger partial charge in [0.25, 0.3) is 10.2 Å². The third-order valence-electron chi connectivity index (χ3n) is 3.44. The molecule has 0 atom stereocenters. The third-order valence-corrected chi connectivity index (χ3v) is 5.23. The zero-order valence-corrected chi connectivity index (χ0v) is 13.1. The van der Waals surface area contributed by atoms with Crippen molar-refractivity contribution in [3.63, 3.8) is 0 Å². The summed E-state index contributed by atoms with van der Waals surface area (Å²) in [5.74, 6) is -0.526. The van der Waals surface area contributed by atoms with Gasteiger partial charge in [-0.25, -0.2) is 4.39 Å². The number of nitrogens with zero attached hydrogens (tertiary/aromatic N) is 1. The van der Waals surface area contributed by atoms with E-state index in [2.05, 4.69) is 4.72 Å². The van der Waals surface area contributed by atoms with Crippen LogP contribution in [0, 0.1) is 5.82 Å². The number of nitrogens with two attached hydrogens (primary N) is 1. The van der Waals surface area contributed by atoms with E-state index in [9.17, 15) is 12.8 Å². The van der Waals surface area contributed by atoms with E-state index in [1.165, 1.54) is 16.4 Å². The Hall–Kier alpha value is -1.09. The lowest BCUT2D eigenvalue weighted by Crippen LogP contribution is -2.43. The van der Waals surface area contributed by atoms with E-state index in [1.54, 1.807) is 6.07 Å². The summed E-state index contributed by atoms with van der Waals surface area (Å²) in [5, 5.41) is 0. The van der Waals surface area contributed by atoms with Crippen LogP contribution in [0.5, 0.6) is 0 Å². The molecule has 1 aromatic rings. The van der Waals surface area contributed by atoms with Gasteiger partial charge in [0.1, 0.15) is 10.8 Å². The molecule has 21 heavy (non-hydrogen) atoms. The summed E-state index contributed by atoms with van der Waals surface area (Å²) in [4.78, 5) is 0.106. The van der Waals surface area contributed by atoms with Crippen LogP contribution in [0.4, 0.5) is 4.39 Å². The molecule has 0 radical (unpaired) electrons. The lowest BCUT2D eigenvalue weighted by atomic mass is 10.1. The summed E-state index contributed by atoms with van der Waals surface area (Å²) in [6.07, 6.45) is 2.76. The molecule has 2 rings (SSSR count). The van der Waals surface area contributed by atoms with E-state index >= 15 is 0 Å². The van der Waals surface area contributed by atoms with Crippen molar-refractivity contribution in [2.45, 2.75) is 25.8 Å². The van der Waals surface area contributed by atoms with Crippen LogP contribution in [0.3, 0.4) is 0 Å². The Morgan fingerprint density at radius 3 is 2.57 bits per heavy atom. The quantitative estimate of drug-likeness (QED) is 0.797. The van der Waals surface area contributed by atoms with Crippen molar-refractivity contribution in [1.82, 2.24) is 9.03 Å². The average molecular weight is 331 g/mol. The number of benzene rings is 1. The van der Waals surface area contributed by atoms with Crippen molar-refractivity contribution in [1.29, 1.82) is 0 Å². The first-order valence-corrected chi connectivity index (χ1v) is 8.58. The molecule has 0 unspecified atom stereocenters. The van der Waals surface area contributed by atoms with Gasteiger partial charge in [0, 0.05) is 30.8 Å². The molecule has 3 N–H and O–H groups in total. The fourth-order valence-corrected chi connectivity index (χ4v) is 3.60. The standard InChI is InChI=1S/C13H18FN3O2S2/c14-12-8-10(13(15)20)4-5-11(12)9-16-21(18,19)17-6-2-1-3-7-17/h4-5,8,16H,1-3,6-7,9H2,(H2,15,20). The third kappa shape index (κ3) is 4.19. The van der Waals surface area contributed by atoms with Crippen molar-refractivity contribution in [3.05, 3.63) is 35.1 Å². The first kappa shape index (κ1) is 16.3. The topological polar surface area (TPSA) is 75.4 Å². The van der Waals surface area contributed by atoms with Crippen LogP contribution in [0.25, 0.3) is 0 Å². The second-order valence-corrected chi connectivity index (χ2v) is 7.15. The molecular weight excluding hydrogens is 313 g/mol. The molecule has 1 aromatic carbocycles. The van der Waals surface area contributed by atoms with Gasteiger partial charge in [-0.1, -0.05) is 30.8 Å². The summed E-state index contributed by atoms with van der Waals surface area (Å²) >= 11 is 4.77. The molecule has 1 aliphatic rings. The van der Waals surface area contributed by atoms with Gasteiger partial charge in [0.15, 0.2) is 0 Å². The van der Waals surface area contributed by atoms with Gasteiger partial charge in [-0.05, 0) is 18.9 Å². The lowest BCUT2D eigenvalue weighted by Gasteiger charge is -2.25. The van der Waals surface area contributed by atoms with Crippen LogP contribution in [-0.4, -0.2) is 30.8 Å². The Bertz CT molecular complexity index is 628. The number of hydrogen-bond donors (Lipinski definition) is 2. The minimum Gasteiger partial charge on any atom is -0.389 e. The maximum Gasteiger partial charge on any atom is 0.279 e. The zero-order valence-electron chi connectivity index (χ0n) is 11.5. The van der Waals surface area contributed by atoms with E-state index in [4.69, 9.17) is 18.0 Å². The highest BCUT2D eigenvalue weighted by molar-refractivity contribution is 7.87. The Morgan fingerprint density at radius 2 is 2.00 bits per heavy atom. The van der Waals surface area contributed by atoms with Crippen LogP contribution in [0.15, 0.2) is 18.2 Å². The highest BCUT2D eigenvalue weighted by Crippen LogP contribution is 2.14. The normalized spacial score (nSPS) is 16.8. The van der Waals surface area contributed by atoms with Gasteiger partial charge >= 0.3 is 0 Å². The molecule has 0 spiro atoms. The van der Waals surface area contributed by atoms with E-state index in [0.717, 1.165) is 19.3 Å². The highest BCUT2D eigenvalue weighted by atomic mass is 32.2. The van der Waals surface area contributed by atoms with Gasteiger partial charge in [-0.2, -0.15) is 17.4 Å². The number of nitrogens with one attached hydrogen (secondary N) is 1. The molecule has 0 saturated carbocycles. The number of hydrogen-bond acceptors (Lipinski definition) is 3. The Balaban J connectivity index is 2.03. The molecule has 0 aromatic heterocycles. The minimum absolute atomic E-state index is 0.0950. The molecule has 0 amide bonds.